The van der Waals surface area contributed by atoms with Gasteiger partial charge in [0.2, 0.25) is 0 Å². The van der Waals surface area contributed by atoms with E-state index < -0.39 is 0 Å². The first-order valence-electron chi connectivity index (χ1n) is 17.1. The number of rotatable bonds is 5. The molecule has 0 aliphatic carbocycles. The second-order valence-corrected chi connectivity index (χ2v) is 12.9. The largest absolute Gasteiger partial charge is 0.453 e. The third-order valence-corrected chi connectivity index (χ3v) is 10.0. The molecule has 0 atom stereocenters. The lowest BCUT2D eigenvalue weighted by Gasteiger charge is -2.27. The summed E-state index contributed by atoms with van der Waals surface area (Å²) >= 11 is 0. The van der Waals surface area contributed by atoms with Crippen molar-refractivity contribution in [3.63, 3.8) is 0 Å². The maximum atomic E-state index is 7.18. The standard InChI is InChI=1S/C48H31NO/c1-2-12-32(13-3-1)34-26-28-39(29-27-34)49(44-22-10-18-35-15-6-8-19-40(35)44)45-23-11-21-42-43-31-37-17-7-9-20-41(37)46(48(43)50-47(42)45)38-25-24-33-14-4-5-16-36(33)30-38/h1-31H. The fourth-order valence-corrected chi connectivity index (χ4v) is 7.63. The Morgan fingerprint density at radius 1 is 0.320 bits per heavy atom. The van der Waals surface area contributed by atoms with Crippen molar-refractivity contribution in [2.45, 2.75) is 0 Å². The molecule has 0 N–H and O–H groups in total. The summed E-state index contributed by atoms with van der Waals surface area (Å²) in [4.78, 5) is 2.36. The summed E-state index contributed by atoms with van der Waals surface area (Å²) in [5, 5.41) is 9.39. The predicted octanol–water partition coefficient (Wildman–Crippen LogP) is 13.8. The molecule has 0 bridgehead atoms. The van der Waals surface area contributed by atoms with Gasteiger partial charge in [0.15, 0.2) is 5.58 Å². The van der Waals surface area contributed by atoms with Gasteiger partial charge in [-0.05, 0) is 80.0 Å². The number of hydrogen-bond donors (Lipinski definition) is 0. The topological polar surface area (TPSA) is 16.4 Å². The van der Waals surface area contributed by atoms with Crippen molar-refractivity contribution >= 4 is 71.3 Å². The molecule has 0 amide bonds. The minimum Gasteiger partial charge on any atom is -0.453 e. The van der Waals surface area contributed by atoms with Crippen LogP contribution in [-0.2, 0) is 0 Å². The van der Waals surface area contributed by atoms with E-state index in [0.29, 0.717) is 0 Å². The fourth-order valence-electron chi connectivity index (χ4n) is 7.63. The SMILES string of the molecule is c1ccc(-c2ccc(N(c3cccc4ccccc34)c3cccc4c3oc3c(-c5ccc6ccccc6c5)c5ccccc5cc34)cc2)cc1. The molecule has 1 aromatic heterocycles. The monoisotopic (exact) mass is 637 g/mol. The Hall–Kier alpha value is -6.64. The van der Waals surface area contributed by atoms with Crippen LogP contribution < -0.4 is 4.90 Å². The van der Waals surface area contributed by atoms with Crippen LogP contribution in [-0.4, -0.2) is 0 Å². The zero-order valence-electron chi connectivity index (χ0n) is 27.3. The summed E-state index contributed by atoms with van der Waals surface area (Å²) in [7, 11) is 0. The molecule has 0 aliphatic heterocycles. The molecule has 9 aromatic carbocycles. The van der Waals surface area contributed by atoms with Crippen molar-refractivity contribution in [3.8, 4) is 22.3 Å². The van der Waals surface area contributed by atoms with Gasteiger partial charge in [-0.25, -0.2) is 0 Å². The highest BCUT2D eigenvalue weighted by molar-refractivity contribution is 6.20. The third kappa shape index (κ3) is 4.57. The molecule has 0 unspecified atom stereocenters. The minimum atomic E-state index is 0.861. The Morgan fingerprint density at radius 3 is 1.76 bits per heavy atom. The Labute approximate surface area is 290 Å². The Bertz CT molecular complexity index is 2860. The number of benzene rings is 9. The quantitative estimate of drug-likeness (QED) is 0.187. The van der Waals surface area contributed by atoms with Crippen LogP contribution >= 0.6 is 0 Å². The second kappa shape index (κ2) is 11.5. The van der Waals surface area contributed by atoms with Crippen LogP contribution in [0.15, 0.2) is 192 Å². The molecule has 0 fully saturated rings. The van der Waals surface area contributed by atoms with Crippen molar-refractivity contribution in [3.05, 3.63) is 188 Å². The lowest BCUT2D eigenvalue weighted by Crippen LogP contribution is -2.10. The normalized spacial score (nSPS) is 11.6. The van der Waals surface area contributed by atoms with Crippen LogP contribution in [0.2, 0.25) is 0 Å². The molecule has 234 valence electrons. The average Bonchev–Trinajstić information content (AvgIpc) is 3.56. The maximum Gasteiger partial charge on any atom is 0.159 e. The highest BCUT2D eigenvalue weighted by Crippen LogP contribution is 2.47. The van der Waals surface area contributed by atoms with Gasteiger partial charge < -0.3 is 9.32 Å². The summed E-state index contributed by atoms with van der Waals surface area (Å²) in [6.45, 7) is 0. The van der Waals surface area contributed by atoms with Gasteiger partial charge in [-0.2, -0.15) is 0 Å². The molecule has 0 saturated heterocycles. The van der Waals surface area contributed by atoms with E-state index in [4.69, 9.17) is 4.42 Å². The number of hydrogen-bond acceptors (Lipinski definition) is 2. The molecule has 2 heteroatoms. The van der Waals surface area contributed by atoms with Crippen LogP contribution in [0.25, 0.3) is 76.5 Å². The molecule has 50 heavy (non-hydrogen) atoms. The molecule has 0 radical (unpaired) electrons. The van der Waals surface area contributed by atoms with Crippen LogP contribution in [0.5, 0.6) is 0 Å². The number of anilines is 3. The zero-order valence-corrected chi connectivity index (χ0v) is 27.3. The first-order chi connectivity index (χ1) is 24.8. The zero-order chi connectivity index (χ0) is 33.0. The third-order valence-electron chi connectivity index (χ3n) is 10.0. The summed E-state index contributed by atoms with van der Waals surface area (Å²) in [6, 6.07) is 67.3. The molecule has 2 nitrogen and oxygen atoms in total. The molecule has 1 heterocycles. The van der Waals surface area contributed by atoms with Gasteiger partial charge in [-0.15, -0.1) is 0 Å². The van der Waals surface area contributed by atoms with Crippen LogP contribution in [0.4, 0.5) is 17.1 Å². The van der Waals surface area contributed by atoms with Crippen molar-refractivity contribution in [1.29, 1.82) is 0 Å². The predicted molar refractivity (Wildman–Crippen MR) is 212 cm³/mol. The van der Waals surface area contributed by atoms with Gasteiger partial charge in [0.25, 0.3) is 0 Å². The van der Waals surface area contributed by atoms with Gasteiger partial charge in [0.1, 0.15) is 5.58 Å². The van der Waals surface area contributed by atoms with Gasteiger partial charge in [0.05, 0.1) is 11.4 Å². The summed E-state index contributed by atoms with van der Waals surface area (Å²) in [5.41, 5.74) is 9.57. The molecule has 0 spiro atoms. The van der Waals surface area contributed by atoms with E-state index >= 15 is 0 Å². The minimum absolute atomic E-state index is 0.861. The summed E-state index contributed by atoms with van der Waals surface area (Å²) in [6.07, 6.45) is 0. The lowest BCUT2D eigenvalue weighted by molar-refractivity contribution is 0.670. The van der Waals surface area contributed by atoms with Crippen molar-refractivity contribution in [2.75, 3.05) is 4.90 Å². The molecule has 0 aliphatic rings. The molecular weight excluding hydrogens is 607 g/mol. The van der Waals surface area contributed by atoms with E-state index in [1.807, 2.05) is 0 Å². The smallest absolute Gasteiger partial charge is 0.159 e. The summed E-state index contributed by atoms with van der Waals surface area (Å²) < 4.78 is 7.18. The number of fused-ring (bicyclic) bond motifs is 6. The van der Waals surface area contributed by atoms with Crippen LogP contribution in [0.1, 0.15) is 0 Å². The lowest BCUT2D eigenvalue weighted by atomic mass is 9.94. The maximum absolute atomic E-state index is 7.18. The van der Waals surface area contributed by atoms with Crippen LogP contribution in [0, 0.1) is 0 Å². The average molecular weight is 638 g/mol. The fraction of sp³-hybridized carbons (Fsp3) is 0. The molecule has 10 aromatic rings. The molecular formula is C48H31NO. The van der Waals surface area contributed by atoms with Gasteiger partial charge in [-0.3, -0.25) is 0 Å². The first-order valence-corrected chi connectivity index (χ1v) is 17.1. The second-order valence-electron chi connectivity index (χ2n) is 12.9. The van der Waals surface area contributed by atoms with Crippen molar-refractivity contribution in [2.24, 2.45) is 0 Å². The van der Waals surface area contributed by atoms with Gasteiger partial charge in [-0.1, -0.05) is 152 Å². The van der Waals surface area contributed by atoms with Crippen LogP contribution in [0.3, 0.4) is 0 Å². The number of furan rings is 1. The van der Waals surface area contributed by atoms with Crippen molar-refractivity contribution < 1.29 is 4.42 Å². The summed E-state index contributed by atoms with van der Waals surface area (Å²) in [5.74, 6) is 0. The van der Waals surface area contributed by atoms with Crippen molar-refractivity contribution in [1.82, 2.24) is 0 Å². The first kappa shape index (κ1) is 28.4. The van der Waals surface area contributed by atoms with E-state index in [1.165, 1.54) is 43.4 Å². The molecule has 0 saturated carbocycles. The van der Waals surface area contributed by atoms with E-state index in [2.05, 4.69) is 193 Å². The molecule has 10 rings (SSSR count). The highest BCUT2D eigenvalue weighted by atomic mass is 16.3. The number of para-hydroxylation sites is 1. The number of nitrogens with zero attached hydrogens (tertiary/aromatic N) is 1. The Balaban J connectivity index is 1.25. The highest BCUT2D eigenvalue weighted by Gasteiger charge is 2.23. The van der Waals surface area contributed by atoms with E-state index in [-0.39, 0.29) is 0 Å². The van der Waals surface area contributed by atoms with E-state index in [1.54, 1.807) is 0 Å². The van der Waals surface area contributed by atoms with Gasteiger partial charge in [0, 0.05) is 27.4 Å². The Kier molecular flexibility index (Phi) is 6.53. The Morgan fingerprint density at radius 2 is 0.920 bits per heavy atom. The van der Waals surface area contributed by atoms with E-state index in [9.17, 15) is 0 Å². The van der Waals surface area contributed by atoms with Gasteiger partial charge >= 0.3 is 0 Å². The van der Waals surface area contributed by atoms with E-state index in [0.717, 1.165) is 50.1 Å².